The average Bonchev–Trinajstić information content (AvgIpc) is 2.94. The van der Waals surface area contributed by atoms with E-state index in [-0.39, 0.29) is 29.5 Å². The number of methoxy groups -OCH3 is 2. The molecule has 1 aromatic heterocycles. The van der Waals surface area contributed by atoms with Gasteiger partial charge >= 0.3 is 0 Å². The molecule has 3 aliphatic rings. The van der Waals surface area contributed by atoms with Crippen molar-refractivity contribution in [3.63, 3.8) is 0 Å². The van der Waals surface area contributed by atoms with Crippen molar-refractivity contribution < 1.29 is 14.3 Å². The van der Waals surface area contributed by atoms with Crippen LogP contribution in [0.4, 0.5) is 5.95 Å². The fourth-order valence-electron chi connectivity index (χ4n) is 6.63. The number of anilines is 1. The highest BCUT2D eigenvalue weighted by Gasteiger charge is 2.36. The molecule has 8 nitrogen and oxygen atoms in total. The first-order valence-electron chi connectivity index (χ1n) is 14.3. The van der Waals surface area contributed by atoms with E-state index in [1.807, 2.05) is 0 Å². The third kappa shape index (κ3) is 5.21. The van der Waals surface area contributed by atoms with Crippen LogP contribution in [0.2, 0.25) is 0 Å². The SMILES string of the molecule is COc1cc2nc(N3CCC(C(=O)NC4CCc5ccccc5C4)CC3CC3CCC3)[nH]c(=O)c2cc1OC. The maximum Gasteiger partial charge on any atom is 0.260 e. The molecule has 0 spiro atoms. The van der Waals surface area contributed by atoms with Crippen LogP contribution in [-0.2, 0) is 17.6 Å². The first kappa shape index (κ1) is 25.7. The van der Waals surface area contributed by atoms with E-state index in [1.165, 1.54) is 30.4 Å². The van der Waals surface area contributed by atoms with E-state index in [1.54, 1.807) is 26.4 Å². The van der Waals surface area contributed by atoms with Crippen LogP contribution in [-0.4, -0.2) is 48.7 Å². The van der Waals surface area contributed by atoms with Gasteiger partial charge in [-0.05, 0) is 61.6 Å². The van der Waals surface area contributed by atoms with Crippen molar-refractivity contribution in [2.75, 3.05) is 25.7 Å². The van der Waals surface area contributed by atoms with Crippen LogP contribution in [0.3, 0.4) is 0 Å². The lowest BCUT2D eigenvalue weighted by atomic mass is 9.77. The monoisotopic (exact) mass is 530 g/mol. The topological polar surface area (TPSA) is 96.5 Å². The Hall–Kier alpha value is -3.55. The maximum atomic E-state index is 13.5. The zero-order chi connectivity index (χ0) is 26.9. The first-order chi connectivity index (χ1) is 19.0. The highest BCUT2D eigenvalue weighted by Crippen LogP contribution is 2.37. The highest BCUT2D eigenvalue weighted by molar-refractivity contribution is 5.83. The Labute approximate surface area is 229 Å². The summed E-state index contributed by atoms with van der Waals surface area (Å²) in [6.45, 7) is 0.685. The average molecular weight is 531 g/mol. The maximum absolute atomic E-state index is 13.5. The summed E-state index contributed by atoms with van der Waals surface area (Å²) >= 11 is 0. The summed E-state index contributed by atoms with van der Waals surface area (Å²) in [6.07, 6.45) is 9.20. The minimum Gasteiger partial charge on any atom is -0.493 e. The Morgan fingerprint density at radius 1 is 1.08 bits per heavy atom. The van der Waals surface area contributed by atoms with Crippen LogP contribution < -0.4 is 25.2 Å². The van der Waals surface area contributed by atoms with Gasteiger partial charge in [-0.25, -0.2) is 4.98 Å². The molecule has 3 unspecified atom stereocenters. The second-order valence-corrected chi connectivity index (χ2v) is 11.4. The van der Waals surface area contributed by atoms with Gasteiger partial charge in [0, 0.05) is 30.6 Å². The molecule has 1 saturated carbocycles. The van der Waals surface area contributed by atoms with Crippen molar-refractivity contribution in [1.82, 2.24) is 15.3 Å². The van der Waals surface area contributed by atoms with Gasteiger partial charge in [0.15, 0.2) is 11.5 Å². The van der Waals surface area contributed by atoms with Gasteiger partial charge in [0.05, 0.1) is 25.1 Å². The Kier molecular flexibility index (Phi) is 7.19. The molecule has 3 aromatic rings. The number of nitrogens with one attached hydrogen (secondary N) is 2. The predicted octanol–water partition coefficient (Wildman–Crippen LogP) is 4.39. The molecular weight excluding hydrogens is 492 g/mol. The van der Waals surface area contributed by atoms with Gasteiger partial charge in [0.2, 0.25) is 11.9 Å². The lowest BCUT2D eigenvalue weighted by molar-refractivity contribution is -0.126. The third-order valence-corrected chi connectivity index (χ3v) is 9.08. The molecule has 0 radical (unpaired) electrons. The van der Waals surface area contributed by atoms with Gasteiger partial charge in [0.25, 0.3) is 5.56 Å². The quantitative estimate of drug-likeness (QED) is 0.470. The minimum absolute atomic E-state index is 0.0277. The molecule has 1 amide bonds. The zero-order valence-corrected chi connectivity index (χ0v) is 22.9. The van der Waals surface area contributed by atoms with Gasteiger partial charge in [-0.2, -0.15) is 0 Å². The molecule has 39 heavy (non-hydrogen) atoms. The molecule has 0 bridgehead atoms. The smallest absolute Gasteiger partial charge is 0.260 e. The Morgan fingerprint density at radius 3 is 2.59 bits per heavy atom. The van der Waals surface area contributed by atoms with E-state index < -0.39 is 0 Å². The van der Waals surface area contributed by atoms with E-state index in [2.05, 4.69) is 39.5 Å². The highest BCUT2D eigenvalue weighted by atomic mass is 16.5. The number of hydrogen-bond acceptors (Lipinski definition) is 6. The lowest BCUT2D eigenvalue weighted by Gasteiger charge is -2.42. The number of carbonyl (C=O) groups excluding carboxylic acids is 1. The minimum atomic E-state index is -0.198. The van der Waals surface area contributed by atoms with Crippen LogP contribution >= 0.6 is 0 Å². The second-order valence-electron chi connectivity index (χ2n) is 11.4. The lowest BCUT2D eigenvalue weighted by Crippen LogP contribution is -2.50. The van der Waals surface area contributed by atoms with E-state index in [9.17, 15) is 9.59 Å². The molecule has 2 aromatic carbocycles. The fourth-order valence-corrected chi connectivity index (χ4v) is 6.63. The number of H-pyrrole nitrogens is 1. The van der Waals surface area contributed by atoms with Crippen molar-refractivity contribution in [3.05, 3.63) is 57.9 Å². The molecule has 1 saturated heterocycles. The zero-order valence-electron chi connectivity index (χ0n) is 22.9. The number of aryl methyl sites for hydroxylation is 1. The van der Waals surface area contributed by atoms with Crippen LogP contribution in [0.15, 0.2) is 41.2 Å². The van der Waals surface area contributed by atoms with Crippen molar-refractivity contribution in [1.29, 1.82) is 0 Å². The fraction of sp³-hybridized carbons (Fsp3) is 0.516. The number of rotatable bonds is 7. The van der Waals surface area contributed by atoms with E-state index in [0.29, 0.717) is 40.8 Å². The van der Waals surface area contributed by atoms with Crippen LogP contribution in [0.25, 0.3) is 10.9 Å². The number of hydrogen-bond donors (Lipinski definition) is 2. The predicted molar refractivity (Wildman–Crippen MR) is 152 cm³/mol. The van der Waals surface area contributed by atoms with Gasteiger partial charge in [-0.15, -0.1) is 0 Å². The number of fused-ring (bicyclic) bond motifs is 2. The number of ether oxygens (including phenoxy) is 2. The summed E-state index contributed by atoms with van der Waals surface area (Å²) in [5, 5.41) is 3.85. The number of amides is 1. The molecule has 8 heteroatoms. The standard InChI is InChI=1S/C31H38N4O4/c1-38-27-17-25-26(18-28(27)39-2)33-31(34-30(25)37)35-13-12-22(16-24(35)14-19-6-5-7-19)29(36)32-23-11-10-20-8-3-4-9-21(20)15-23/h3-4,8-9,17-19,22-24H,5-7,10-16H2,1-2H3,(H,32,36)(H,33,34,37). The molecule has 1 aliphatic heterocycles. The molecule has 2 fully saturated rings. The first-order valence-corrected chi connectivity index (χ1v) is 14.3. The number of benzene rings is 2. The van der Waals surface area contributed by atoms with Crippen molar-refractivity contribution in [2.45, 2.75) is 69.9 Å². The molecule has 2 aliphatic carbocycles. The van der Waals surface area contributed by atoms with E-state index in [0.717, 1.165) is 38.5 Å². The van der Waals surface area contributed by atoms with Gasteiger partial charge in [0.1, 0.15) is 0 Å². The Bertz CT molecular complexity index is 1420. The van der Waals surface area contributed by atoms with Gasteiger partial charge < -0.3 is 19.7 Å². The molecular formula is C31H38N4O4. The summed E-state index contributed by atoms with van der Waals surface area (Å²) in [5.41, 5.74) is 3.14. The molecule has 2 N–H and O–H groups in total. The summed E-state index contributed by atoms with van der Waals surface area (Å²) in [6, 6.07) is 12.4. The summed E-state index contributed by atoms with van der Waals surface area (Å²) < 4.78 is 10.8. The molecule has 206 valence electrons. The third-order valence-electron chi connectivity index (χ3n) is 9.08. The van der Waals surface area contributed by atoms with E-state index in [4.69, 9.17) is 14.5 Å². The second kappa shape index (κ2) is 10.9. The summed E-state index contributed by atoms with van der Waals surface area (Å²) in [5.74, 6) is 2.44. The van der Waals surface area contributed by atoms with Crippen LogP contribution in [0.5, 0.6) is 11.5 Å². The van der Waals surface area contributed by atoms with Crippen molar-refractivity contribution in [3.8, 4) is 11.5 Å². The number of piperidine rings is 1. The van der Waals surface area contributed by atoms with Crippen LogP contribution in [0, 0.1) is 11.8 Å². The molecule has 2 heterocycles. The number of carbonyl (C=O) groups is 1. The van der Waals surface area contributed by atoms with Gasteiger partial charge in [-0.1, -0.05) is 43.5 Å². The summed E-state index contributed by atoms with van der Waals surface area (Å²) in [7, 11) is 3.13. The number of nitrogens with zero attached hydrogens (tertiary/aromatic N) is 2. The summed E-state index contributed by atoms with van der Waals surface area (Å²) in [4.78, 5) is 36.7. The Morgan fingerprint density at radius 2 is 1.85 bits per heavy atom. The number of aromatic nitrogens is 2. The van der Waals surface area contributed by atoms with Crippen molar-refractivity contribution >= 4 is 22.8 Å². The normalized spacial score (nSPS) is 23.1. The largest absolute Gasteiger partial charge is 0.493 e. The van der Waals surface area contributed by atoms with Gasteiger partial charge in [-0.3, -0.25) is 14.6 Å². The molecule has 6 rings (SSSR count). The molecule has 3 atom stereocenters. The Balaban J connectivity index is 1.21. The van der Waals surface area contributed by atoms with Crippen molar-refractivity contribution in [2.24, 2.45) is 11.8 Å². The van der Waals surface area contributed by atoms with Crippen LogP contribution in [0.1, 0.15) is 56.1 Å². The number of aromatic amines is 1. The van der Waals surface area contributed by atoms with E-state index >= 15 is 0 Å².